The zero-order valence-electron chi connectivity index (χ0n) is 25.0. The lowest BCUT2D eigenvalue weighted by atomic mass is 9.98. The molecular formula is C31H26F5N7O5. The van der Waals surface area contributed by atoms with E-state index in [1.807, 2.05) is 0 Å². The van der Waals surface area contributed by atoms with Crippen LogP contribution in [0.25, 0.3) is 22.5 Å². The number of hydrogen-bond donors (Lipinski definition) is 2. The highest BCUT2D eigenvalue weighted by Gasteiger charge is 2.61. The minimum atomic E-state index is -5.93. The van der Waals surface area contributed by atoms with Crippen molar-refractivity contribution in [3.8, 4) is 22.5 Å². The number of aryl methyl sites for hydroxylation is 1. The van der Waals surface area contributed by atoms with Crippen molar-refractivity contribution in [3.05, 3.63) is 107 Å². The van der Waals surface area contributed by atoms with Gasteiger partial charge in [0.05, 0.1) is 12.0 Å². The SMILES string of the molecule is CCCc1nc(C(F)(F)C(F)(F)F)c(C=O)n1Cc1ccc(-c2ccccc2-c2nnn(C(=O)c3cccc(CON(O)O)c3)n2)cc1. The van der Waals surface area contributed by atoms with E-state index in [0.717, 1.165) is 9.36 Å². The second-order valence-corrected chi connectivity index (χ2v) is 10.5. The zero-order valence-corrected chi connectivity index (χ0v) is 25.0. The summed E-state index contributed by atoms with van der Waals surface area (Å²) in [5, 5.41) is 29.2. The highest BCUT2D eigenvalue weighted by molar-refractivity contribution is 5.95. The number of aldehydes is 1. The van der Waals surface area contributed by atoms with E-state index in [9.17, 15) is 31.5 Å². The fourth-order valence-electron chi connectivity index (χ4n) is 4.94. The molecular weight excluding hydrogens is 645 g/mol. The topological polar surface area (TPSA) is 148 Å². The third kappa shape index (κ3) is 7.03. The van der Waals surface area contributed by atoms with Crippen molar-refractivity contribution >= 4 is 12.2 Å². The largest absolute Gasteiger partial charge is 0.459 e. The normalized spacial score (nSPS) is 12.1. The number of alkyl halides is 5. The molecule has 0 saturated carbocycles. The number of tetrazole rings is 1. The van der Waals surface area contributed by atoms with Crippen molar-refractivity contribution in [2.24, 2.45) is 0 Å². The highest BCUT2D eigenvalue weighted by atomic mass is 19.4. The van der Waals surface area contributed by atoms with E-state index < -0.39 is 34.8 Å². The first-order chi connectivity index (χ1) is 22.8. The molecule has 0 aliphatic heterocycles. The lowest BCUT2D eigenvalue weighted by Crippen LogP contribution is -2.35. The van der Waals surface area contributed by atoms with E-state index in [4.69, 9.17) is 10.4 Å². The number of imidazole rings is 1. The van der Waals surface area contributed by atoms with Crippen molar-refractivity contribution in [2.45, 2.75) is 45.0 Å². The number of carbonyl (C=O) groups is 2. The summed E-state index contributed by atoms with van der Waals surface area (Å²) in [6.07, 6.45) is -5.51. The van der Waals surface area contributed by atoms with E-state index in [2.05, 4.69) is 25.2 Å². The van der Waals surface area contributed by atoms with Crippen LogP contribution in [0.1, 0.15) is 56.8 Å². The monoisotopic (exact) mass is 671 g/mol. The molecule has 0 fully saturated rings. The molecule has 0 spiro atoms. The molecule has 2 aromatic heterocycles. The van der Waals surface area contributed by atoms with Crippen LogP contribution in [0.2, 0.25) is 0 Å². The summed E-state index contributed by atoms with van der Waals surface area (Å²) in [6.45, 7) is 1.29. The predicted octanol–water partition coefficient (Wildman–Crippen LogP) is 5.87. The second-order valence-electron chi connectivity index (χ2n) is 10.5. The quantitative estimate of drug-likeness (QED) is 0.0937. The molecule has 5 rings (SSSR count). The van der Waals surface area contributed by atoms with Gasteiger partial charge in [-0.25, -0.2) is 9.82 Å². The molecule has 48 heavy (non-hydrogen) atoms. The molecule has 0 unspecified atom stereocenters. The minimum absolute atomic E-state index is 0.0390. The van der Waals surface area contributed by atoms with Gasteiger partial charge in [0.15, 0.2) is 6.29 Å². The fraction of sp³-hybridized carbons (Fsp3) is 0.226. The summed E-state index contributed by atoms with van der Waals surface area (Å²) in [6, 6.07) is 19.8. The Balaban J connectivity index is 1.41. The number of carbonyl (C=O) groups excluding carboxylic acids is 2. The Hall–Kier alpha value is -5.23. The maximum absolute atomic E-state index is 14.3. The lowest BCUT2D eigenvalue weighted by molar-refractivity contribution is -0.497. The van der Waals surface area contributed by atoms with Crippen LogP contribution >= 0.6 is 0 Å². The summed E-state index contributed by atoms with van der Waals surface area (Å²) in [4.78, 5) is 33.8. The van der Waals surface area contributed by atoms with Crippen molar-refractivity contribution in [1.29, 1.82) is 0 Å². The maximum Gasteiger partial charge on any atom is 0.459 e. The van der Waals surface area contributed by atoms with E-state index in [1.54, 1.807) is 67.6 Å². The number of benzene rings is 3. The van der Waals surface area contributed by atoms with Crippen molar-refractivity contribution in [2.75, 3.05) is 0 Å². The molecule has 0 amide bonds. The fourth-order valence-corrected chi connectivity index (χ4v) is 4.94. The van der Waals surface area contributed by atoms with E-state index >= 15 is 0 Å². The zero-order chi connectivity index (χ0) is 34.6. The number of rotatable bonds is 12. The lowest BCUT2D eigenvalue weighted by Gasteiger charge is -2.18. The maximum atomic E-state index is 14.3. The third-order valence-electron chi connectivity index (χ3n) is 7.21. The molecule has 0 atom stereocenters. The van der Waals surface area contributed by atoms with Crippen molar-refractivity contribution in [1.82, 2.24) is 35.1 Å². The van der Waals surface area contributed by atoms with Gasteiger partial charge < -0.3 is 4.57 Å². The summed E-state index contributed by atoms with van der Waals surface area (Å²) in [7, 11) is 0. The first-order valence-electron chi connectivity index (χ1n) is 14.3. The minimum Gasteiger partial charge on any atom is -0.321 e. The predicted molar refractivity (Wildman–Crippen MR) is 156 cm³/mol. The first-order valence-corrected chi connectivity index (χ1v) is 14.3. The molecule has 2 heterocycles. The van der Waals surface area contributed by atoms with E-state index in [-0.39, 0.29) is 43.1 Å². The van der Waals surface area contributed by atoms with Crippen LogP contribution < -0.4 is 0 Å². The third-order valence-corrected chi connectivity index (χ3v) is 7.21. The summed E-state index contributed by atoms with van der Waals surface area (Å²) in [5.41, 5.74) is 0.482. The molecule has 5 aromatic rings. The van der Waals surface area contributed by atoms with Gasteiger partial charge in [0.1, 0.15) is 17.2 Å². The van der Waals surface area contributed by atoms with E-state index in [1.165, 1.54) is 12.1 Å². The first kappa shape index (κ1) is 34.1. The number of hydrogen-bond acceptors (Lipinski definition) is 10. The summed E-state index contributed by atoms with van der Waals surface area (Å²) < 4.78 is 69.1. The van der Waals surface area contributed by atoms with Crippen molar-refractivity contribution < 1.29 is 46.8 Å². The Labute approximate surface area is 268 Å². The van der Waals surface area contributed by atoms with Crippen LogP contribution in [0.3, 0.4) is 0 Å². The van der Waals surface area contributed by atoms with Crippen LogP contribution in [0.15, 0.2) is 72.8 Å². The van der Waals surface area contributed by atoms with Gasteiger partial charge in [-0.2, -0.15) is 22.0 Å². The van der Waals surface area contributed by atoms with Gasteiger partial charge >= 0.3 is 12.1 Å². The van der Waals surface area contributed by atoms with Crippen molar-refractivity contribution in [3.63, 3.8) is 0 Å². The Morgan fingerprint density at radius 3 is 2.31 bits per heavy atom. The van der Waals surface area contributed by atoms with Gasteiger partial charge in [-0.3, -0.25) is 20.0 Å². The molecule has 17 heteroatoms. The van der Waals surface area contributed by atoms with Gasteiger partial charge in [-0.05, 0) is 46.0 Å². The van der Waals surface area contributed by atoms with Crippen LogP contribution in [0.5, 0.6) is 0 Å². The second kappa shape index (κ2) is 13.9. The Morgan fingerprint density at radius 1 is 0.958 bits per heavy atom. The average Bonchev–Trinajstić information content (AvgIpc) is 3.69. The van der Waals surface area contributed by atoms with Gasteiger partial charge in [-0.1, -0.05) is 72.4 Å². The van der Waals surface area contributed by atoms with Gasteiger partial charge in [0.2, 0.25) is 5.82 Å². The van der Waals surface area contributed by atoms with Crippen LogP contribution in [-0.2, 0) is 30.3 Å². The molecule has 0 saturated heterocycles. The van der Waals surface area contributed by atoms with Gasteiger partial charge in [0.25, 0.3) is 5.91 Å². The van der Waals surface area contributed by atoms with Crippen LogP contribution in [-0.4, -0.2) is 63.9 Å². The molecule has 0 bridgehead atoms. The smallest absolute Gasteiger partial charge is 0.321 e. The molecule has 0 aliphatic carbocycles. The average molecular weight is 672 g/mol. The number of aromatic nitrogens is 6. The molecule has 0 radical (unpaired) electrons. The van der Waals surface area contributed by atoms with Gasteiger partial charge in [0, 0.05) is 24.1 Å². The molecule has 250 valence electrons. The number of nitrogens with zero attached hydrogens (tertiary/aromatic N) is 7. The summed E-state index contributed by atoms with van der Waals surface area (Å²) in [5.74, 6) is -5.88. The van der Waals surface area contributed by atoms with E-state index in [0.29, 0.717) is 34.2 Å². The molecule has 12 nitrogen and oxygen atoms in total. The van der Waals surface area contributed by atoms with Crippen LogP contribution in [0.4, 0.5) is 22.0 Å². The number of halogens is 5. The standard InChI is InChI=1S/C31H26F5N7O5/c1-2-6-26-37-27(30(32,33)31(34,35)36)25(17-44)41(26)16-19-11-13-21(14-12-19)23-9-3-4-10-24(23)28-38-40-42(39-28)29(45)22-8-5-7-20(15-22)18-48-43(46)47/h3-5,7-15,17,46-47H,2,6,16,18H2,1H3. The Bertz CT molecular complexity index is 1920. The molecule has 3 aromatic carbocycles. The Kier molecular flexibility index (Phi) is 9.85. The molecule has 2 N–H and O–H groups in total. The van der Waals surface area contributed by atoms with Gasteiger partial charge in [-0.15, -0.1) is 10.2 Å². The summed E-state index contributed by atoms with van der Waals surface area (Å²) >= 11 is 0. The molecule has 0 aliphatic rings. The highest BCUT2D eigenvalue weighted by Crippen LogP contribution is 2.44. The van der Waals surface area contributed by atoms with Crippen LogP contribution in [0, 0.1) is 0 Å². The Morgan fingerprint density at radius 2 is 1.67 bits per heavy atom.